The van der Waals surface area contributed by atoms with Crippen LogP contribution in [0.4, 0.5) is 0 Å². The summed E-state index contributed by atoms with van der Waals surface area (Å²) in [6.45, 7) is 4.36. The second-order valence-corrected chi connectivity index (χ2v) is 9.50. The molecule has 164 valence electrons. The van der Waals surface area contributed by atoms with Gasteiger partial charge in [-0.3, -0.25) is 0 Å². The molecular weight excluding hydrogens is 438 g/mol. The lowest BCUT2D eigenvalue weighted by atomic mass is 10.2. The number of nitrogens with one attached hydrogen (secondary N) is 1. The summed E-state index contributed by atoms with van der Waals surface area (Å²) in [6.07, 6.45) is 7.25. The van der Waals surface area contributed by atoms with Gasteiger partial charge in [0.05, 0.1) is 26.2 Å². The van der Waals surface area contributed by atoms with Crippen LogP contribution in [0.3, 0.4) is 0 Å². The van der Waals surface area contributed by atoms with E-state index in [4.69, 9.17) is 14.5 Å². The molecule has 0 unspecified atom stereocenters. The molecule has 30 heavy (non-hydrogen) atoms. The maximum atomic E-state index is 5.56. The Morgan fingerprint density at radius 1 is 1.07 bits per heavy atom. The first-order valence-electron chi connectivity index (χ1n) is 10.0. The highest BCUT2D eigenvalue weighted by molar-refractivity contribution is 8.76. The fraction of sp³-hybridized carbons (Fsp3) is 0.455. The maximum absolute atomic E-state index is 5.56. The van der Waals surface area contributed by atoms with Gasteiger partial charge >= 0.3 is 5.95 Å². The average Bonchev–Trinajstić information content (AvgIpc) is 3.16. The first kappa shape index (κ1) is 24.7. The number of aromatic nitrogens is 3. The zero-order chi connectivity index (χ0) is 20.6. The lowest BCUT2D eigenvalue weighted by molar-refractivity contribution is -0.610. The Morgan fingerprint density at radius 2 is 1.90 bits per heavy atom. The summed E-state index contributed by atoms with van der Waals surface area (Å²) < 4.78 is 13.0. The van der Waals surface area contributed by atoms with E-state index in [1.54, 1.807) is 14.2 Å². The van der Waals surface area contributed by atoms with Crippen molar-refractivity contribution in [3.05, 3.63) is 41.7 Å². The Kier molecular flexibility index (Phi) is 10.1. The number of pyridine rings is 1. The molecule has 3 rings (SSSR count). The summed E-state index contributed by atoms with van der Waals surface area (Å²) in [6, 6.07) is 7.88. The minimum Gasteiger partial charge on any atom is -1.00 e. The highest BCUT2D eigenvalue weighted by Gasteiger charge is 2.21. The number of rotatable bonds is 11. The fourth-order valence-electron chi connectivity index (χ4n) is 3.24. The van der Waals surface area contributed by atoms with E-state index in [0.29, 0.717) is 0 Å². The van der Waals surface area contributed by atoms with Crippen LogP contribution in [0, 0.1) is 6.92 Å². The molecule has 0 atom stereocenters. The molecule has 0 bridgehead atoms. The summed E-state index contributed by atoms with van der Waals surface area (Å²) in [5.74, 6) is 4.61. The Balaban J connectivity index is 0.00000320. The molecular formula is C22H30ClN3O2S2. The van der Waals surface area contributed by atoms with Crippen molar-refractivity contribution in [3.8, 4) is 17.4 Å². The van der Waals surface area contributed by atoms with E-state index in [1.165, 1.54) is 37.1 Å². The number of imidazole rings is 1. The van der Waals surface area contributed by atoms with Crippen LogP contribution in [-0.2, 0) is 5.75 Å². The average molecular weight is 468 g/mol. The molecule has 2 heterocycles. The number of unbranched alkanes of at least 4 members (excludes halogenated alkanes) is 3. The first-order valence-corrected chi connectivity index (χ1v) is 12.5. The van der Waals surface area contributed by atoms with Crippen molar-refractivity contribution in [1.29, 1.82) is 0 Å². The van der Waals surface area contributed by atoms with E-state index < -0.39 is 0 Å². The molecule has 2 aromatic heterocycles. The highest BCUT2D eigenvalue weighted by atomic mass is 35.5. The molecule has 0 amide bonds. The van der Waals surface area contributed by atoms with Gasteiger partial charge < -0.3 is 21.9 Å². The van der Waals surface area contributed by atoms with Gasteiger partial charge in [0.2, 0.25) is 0 Å². The monoisotopic (exact) mass is 467 g/mol. The van der Waals surface area contributed by atoms with Gasteiger partial charge in [-0.1, -0.05) is 52.8 Å². The SMILES string of the molecule is CCCCCCSSCc1c(C)c(OC)cc[n+]1-c1nc2ccc(OC)cc2[nH]1.[Cl-]. The Hall–Kier alpha value is -1.57. The largest absolute Gasteiger partial charge is 1.00 e. The van der Waals surface area contributed by atoms with E-state index in [2.05, 4.69) is 23.4 Å². The number of H-pyrrole nitrogens is 1. The molecule has 0 saturated carbocycles. The van der Waals surface area contributed by atoms with Gasteiger partial charge in [0, 0.05) is 23.4 Å². The van der Waals surface area contributed by atoms with Crippen molar-refractivity contribution in [2.24, 2.45) is 0 Å². The third-order valence-corrected chi connectivity index (χ3v) is 7.32. The van der Waals surface area contributed by atoms with Crippen LogP contribution >= 0.6 is 21.6 Å². The normalized spacial score (nSPS) is 10.8. The molecule has 0 spiro atoms. The van der Waals surface area contributed by atoms with E-state index >= 15 is 0 Å². The minimum atomic E-state index is 0. The number of ether oxygens (including phenoxy) is 2. The van der Waals surface area contributed by atoms with Crippen LogP contribution in [0.5, 0.6) is 11.5 Å². The lowest BCUT2D eigenvalue weighted by Crippen LogP contribution is -3.00. The summed E-state index contributed by atoms with van der Waals surface area (Å²) in [5, 5.41) is 0. The van der Waals surface area contributed by atoms with E-state index in [0.717, 1.165) is 39.8 Å². The number of benzene rings is 1. The van der Waals surface area contributed by atoms with Crippen molar-refractivity contribution in [1.82, 2.24) is 9.97 Å². The first-order chi connectivity index (χ1) is 14.2. The molecule has 8 heteroatoms. The zero-order valence-corrected chi connectivity index (χ0v) is 20.4. The Labute approximate surface area is 193 Å². The number of halogens is 1. The van der Waals surface area contributed by atoms with Crippen LogP contribution in [0.15, 0.2) is 30.5 Å². The van der Waals surface area contributed by atoms with Crippen LogP contribution in [0.2, 0.25) is 0 Å². The van der Waals surface area contributed by atoms with E-state index in [-0.39, 0.29) is 12.4 Å². The number of hydrogen-bond acceptors (Lipinski definition) is 5. The number of hydrogen-bond donors (Lipinski definition) is 1. The van der Waals surface area contributed by atoms with Gasteiger partial charge in [-0.05, 0) is 25.5 Å². The summed E-state index contributed by atoms with van der Waals surface area (Å²) in [7, 11) is 7.25. The second-order valence-electron chi connectivity index (χ2n) is 6.91. The van der Waals surface area contributed by atoms with Crippen molar-refractivity contribution < 1.29 is 26.4 Å². The minimum absolute atomic E-state index is 0. The number of nitrogens with zero attached hydrogens (tertiary/aromatic N) is 2. The Morgan fingerprint density at radius 3 is 2.63 bits per heavy atom. The molecule has 1 aromatic carbocycles. The topological polar surface area (TPSA) is 51.0 Å². The third kappa shape index (κ3) is 5.99. The van der Waals surface area contributed by atoms with Gasteiger partial charge in [-0.15, -0.1) is 0 Å². The van der Waals surface area contributed by atoms with Crippen molar-refractivity contribution in [2.75, 3.05) is 20.0 Å². The molecule has 0 saturated heterocycles. The summed E-state index contributed by atoms with van der Waals surface area (Å²) in [4.78, 5) is 8.22. The predicted molar refractivity (Wildman–Crippen MR) is 123 cm³/mol. The van der Waals surface area contributed by atoms with Gasteiger partial charge in [0.15, 0.2) is 5.52 Å². The smallest absolute Gasteiger partial charge is 0.402 e. The molecule has 0 radical (unpaired) electrons. The molecule has 0 fully saturated rings. The molecule has 0 aliphatic heterocycles. The number of aromatic amines is 1. The molecule has 0 aliphatic rings. The van der Waals surface area contributed by atoms with Crippen LogP contribution in [-0.4, -0.2) is 29.9 Å². The zero-order valence-electron chi connectivity index (χ0n) is 18.0. The standard InChI is InChI=1S/C22H30N3O2S2.ClH/c1-5-6-7-8-13-28-29-15-20-16(2)21(27-4)11-12-25(20)22-23-18-10-9-17(26-3)14-19(18)24-22;/h9-12,14H,5-8,13,15H2,1-4H3,(H,23,24);1H/q+1;/p-1. The molecule has 3 aromatic rings. The predicted octanol–water partition coefficient (Wildman–Crippen LogP) is 2.63. The van der Waals surface area contributed by atoms with E-state index in [9.17, 15) is 0 Å². The third-order valence-electron chi connectivity index (χ3n) is 4.95. The maximum Gasteiger partial charge on any atom is 0.402 e. The van der Waals surface area contributed by atoms with E-state index in [1.807, 2.05) is 52.1 Å². The van der Waals surface area contributed by atoms with Gasteiger partial charge in [0.25, 0.3) is 0 Å². The summed E-state index contributed by atoms with van der Waals surface area (Å²) in [5.41, 5.74) is 4.23. The van der Waals surface area contributed by atoms with Crippen molar-refractivity contribution in [3.63, 3.8) is 0 Å². The number of methoxy groups -OCH3 is 2. The van der Waals surface area contributed by atoms with Crippen molar-refractivity contribution in [2.45, 2.75) is 45.3 Å². The van der Waals surface area contributed by atoms with Gasteiger partial charge in [0.1, 0.15) is 22.7 Å². The highest BCUT2D eigenvalue weighted by Crippen LogP contribution is 2.30. The van der Waals surface area contributed by atoms with Crippen LogP contribution in [0.25, 0.3) is 17.0 Å². The van der Waals surface area contributed by atoms with Gasteiger partial charge in [-0.25, -0.2) is 9.55 Å². The summed E-state index contributed by atoms with van der Waals surface area (Å²) >= 11 is 0. The molecule has 5 nitrogen and oxygen atoms in total. The molecule has 0 aliphatic carbocycles. The van der Waals surface area contributed by atoms with Gasteiger partial charge in [-0.2, -0.15) is 0 Å². The van der Waals surface area contributed by atoms with Crippen LogP contribution in [0.1, 0.15) is 43.9 Å². The van der Waals surface area contributed by atoms with Crippen molar-refractivity contribution >= 4 is 32.6 Å². The quantitative estimate of drug-likeness (QED) is 0.267. The van der Waals surface area contributed by atoms with Crippen LogP contribution < -0.4 is 26.4 Å². The Bertz CT molecular complexity index is 950. The fourth-order valence-corrected chi connectivity index (χ4v) is 5.52. The molecule has 1 N–H and O–H groups in total. The lowest BCUT2D eigenvalue weighted by Gasteiger charge is -2.12. The number of fused-ring (bicyclic) bond motifs is 1. The second kappa shape index (κ2) is 12.3.